The van der Waals surface area contributed by atoms with E-state index in [-0.39, 0.29) is 5.91 Å². The highest BCUT2D eigenvalue weighted by Crippen LogP contribution is 2.27. The molecule has 1 saturated carbocycles. The third-order valence-electron chi connectivity index (χ3n) is 3.30. The molecular formula is C14H23N3O2. The van der Waals surface area contributed by atoms with Gasteiger partial charge in [0, 0.05) is 12.1 Å². The molecule has 1 aromatic heterocycles. The Bertz CT molecular complexity index is 424. The molecular weight excluding hydrogens is 242 g/mol. The van der Waals surface area contributed by atoms with Gasteiger partial charge in [-0.3, -0.25) is 9.69 Å². The van der Waals surface area contributed by atoms with Crippen molar-refractivity contribution in [3.8, 4) is 0 Å². The number of rotatable bonds is 7. The zero-order valence-corrected chi connectivity index (χ0v) is 12.0. The van der Waals surface area contributed by atoms with Crippen LogP contribution < -0.4 is 5.32 Å². The molecule has 1 amide bonds. The van der Waals surface area contributed by atoms with Gasteiger partial charge in [0.25, 0.3) is 0 Å². The van der Waals surface area contributed by atoms with E-state index in [1.165, 1.54) is 12.8 Å². The molecule has 106 valence electrons. The predicted octanol–water partition coefficient (Wildman–Crippen LogP) is 2.43. The van der Waals surface area contributed by atoms with Crippen molar-refractivity contribution in [1.29, 1.82) is 0 Å². The highest BCUT2D eigenvalue weighted by atomic mass is 16.5. The summed E-state index contributed by atoms with van der Waals surface area (Å²) in [6.07, 6.45) is 3.57. The standard InChI is InChI=1S/C14H23N3O2/c1-10(2)6-7-17(12-4-5-12)9-14(18)15-13-8-11(3)19-16-13/h8,10,12H,4-7,9H2,1-3H3,(H,15,16,18). The van der Waals surface area contributed by atoms with E-state index in [4.69, 9.17) is 4.52 Å². The lowest BCUT2D eigenvalue weighted by atomic mass is 10.1. The molecule has 0 aromatic carbocycles. The first kappa shape index (κ1) is 14.1. The minimum absolute atomic E-state index is 0.0102. The Labute approximate surface area is 114 Å². The van der Waals surface area contributed by atoms with Gasteiger partial charge in [-0.2, -0.15) is 0 Å². The van der Waals surface area contributed by atoms with E-state index in [2.05, 4.69) is 29.2 Å². The molecule has 1 aliphatic carbocycles. The number of carbonyl (C=O) groups excluding carboxylic acids is 1. The third kappa shape index (κ3) is 4.67. The molecule has 0 bridgehead atoms. The van der Waals surface area contributed by atoms with Gasteiger partial charge >= 0.3 is 0 Å². The van der Waals surface area contributed by atoms with Crippen molar-refractivity contribution in [3.05, 3.63) is 11.8 Å². The second-order valence-electron chi connectivity index (χ2n) is 5.76. The number of aryl methyl sites for hydroxylation is 1. The van der Waals surface area contributed by atoms with Crippen LogP contribution in [-0.2, 0) is 4.79 Å². The summed E-state index contributed by atoms with van der Waals surface area (Å²) in [5.41, 5.74) is 0. The van der Waals surface area contributed by atoms with E-state index in [0.717, 1.165) is 13.0 Å². The maximum atomic E-state index is 12.0. The minimum Gasteiger partial charge on any atom is -0.360 e. The first-order valence-electron chi connectivity index (χ1n) is 7.02. The summed E-state index contributed by atoms with van der Waals surface area (Å²) < 4.78 is 4.93. The molecule has 5 nitrogen and oxygen atoms in total. The molecule has 19 heavy (non-hydrogen) atoms. The third-order valence-corrected chi connectivity index (χ3v) is 3.30. The van der Waals surface area contributed by atoms with Crippen molar-refractivity contribution >= 4 is 11.7 Å². The van der Waals surface area contributed by atoms with Gasteiger partial charge in [-0.25, -0.2) is 0 Å². The van der Waals surface area contributed by atoms with Crippen molar-refractivity contribution < 1.29 is 9.32 Å². The monoisotopic (exact) mass is 265 g/mol. The van der Waals surface area contributed by atoms with Gasteiger partial charge in [-0.05, 0) is 38.6 Å². The van der Waals surface area contributed by atoms with Gasteiger partial charge in [-0.15, -0.1) is 0 Å². The molecule has 0 saturated heterocycles. The molecule has 0 radical (unpaired) electrons. The highest BCUT2D eigenvalue weighted by molar-refractivity contribution is 5.91. The van der Waals surface area contributed by atoms with E-state index in [1.54, 1.807) is 6.07 Å². The number of nitrogens with one attached hydrogen (secondary N) is 1. The van der Waals surface area contributed by atoms with Crippen LogP contribution in [0, 0.1) is 12.8 Å². The van der Waals surface area contributed by atoms with Crippen LogP contribution in [0.3, 0.4) is 0 Å². The topological polar surface area (TPSA) is 58.4 Å². The molecule has 5 heteroatoms. The number of nitrogens with zero attached hydrogens (tertiary/aromatic N) is 2. The molecule has 1 fully saturated rings. The SMILES string of the molecule is Cc1cc(NC(=O)CN(CCC(C)C)C2CC2)no1. The fourth-order valence-corrected chi connectivity index (χ4v) is 2.05. The van der Waals surface area contributed by atoms with E-state index in [9.17, 15) is 4.79 Å². The Morgan fingerprint density at radius 3 is 2.84 bits per heavy atom. The maximum Gasteiger partial charge on any atom is 0.239 e. The summed E-state index contributed by atoms with van der Waals surface area (Å²) in [4.78, 5) is 14.3. The summed E-state index contributed by atoms with van der Waals surface area (Å²) in [6.45, 7) is 7.67. The first-order chi connectivity index (χ1) is 9.04. The molecule has 0 spiro atoms. The Balaban J connectivity index is 1.81. The summed E-state index contributed by atoms with van der Waals surface area (Å²) >= 11 is 0. The molecule has 1 heterocycles. The second kappa shape index (κ2) is 6.19. The number of hydrogen-bond donors (Lipinski definition) is 1. The maximum absolute atomic E-state index is 12.0. The van der Waals surface area contributed by atoms with Crippen LogP contribution in [0.5, 0.6) is 0 Å². The van der Waals surface area contributed by atoms with Crippen molar-refractivity contribution in [1.82, 2.24) is 10.1 Å². The number of amides is 1. The van der Waals surface area contributed by atoms with Crippen LogP contribution >= 0.6 is 0 Å². The van der Waals surface area contributed by atoms with Crippen LogP contribution in [0.1, 0.15) is 38.9 Å². The van der Waals surface area contributed by atoms with E-state index in [0.29, 0.717) is 30.1 Å². The smallest absolute Gasteiger partial charge is 0.239 e. The Hall–Kier alpha value is -1.36. The largest absolute Gasteiger partial charge is 0.360 e. The van der Waals surface area contributed by atoms with Crippen molar-refractivity contribution in [2.45, 2.75) is 46.1 Å². The van der Waals surface area contributed by atoms with Gasteiger partial charge in [-0.1, -0.05) is 19.0 Å². The molecule has 0 unspecified atom stereocenters. The number of carbonyl (C=O) groups is 1. The molecule has 2 rings (SSSR count). The van der Waals surface area contributed by atoms with Gasteiger partial charge in [0.1, 0.15) is 5.76 Å². The average Bonchev–Trinajstić information content (AvgIpc) is 3.09. The van der Waals surface area contributed by atoms with Gasteiger partial charge in [0.15, 0.2) is 5.82 Å². The lowest BCUT2D eigenvalue weighted by molar-refractivity contribution is -0.117. The summed E-state index contributed by atoms with van der Waals surface area (Å²) in [5.74, 6) is 1.86. The fourth-order valence-electron chi connectivity index (χ4n) is 2.05. The van der Waals surface area contributed by atoms with Crippen LogP contribution in [0.25, 0.3) is 0 Å². The van der Waals surface area contributed by atoms with Crippen molar-refractivity contribution in [2.24, 2.45) is 5.92 Å². The zero-order valence-electron chi connectivity index (χ0n) is 12.0. The predicted molar refractivity (Wildman–Crippen MR) is 73.9 cm³/mol. The molecule has 1 aromatic rings. The van der Waals surface area contributed by atoms with Crippen molar-refractivity contribution in [2.75, 3.05) is 18.4 Å². The van der Waals surface area contributed by atoms with E-state index < -0.39 is 0 Å². The molecule has 0 aliphatic heterocycles. The number of aromatic nitrogens is 1. The fraction of sp³-hybridized carbons (Fsp3) is 0.714. The molecule has 0 atom stereocenters. The average molecular weight is 265 g/mol. The summed E-state index contributed by atoms with van der Waals surface area (Å²) in [7, 11) is 0. The molecule has 1 N–H and O–H groups in total. The Morgan fingerprint density at radius 1 is 1.58 bits per heavy atom. The van der Waals surface area contributed by atoms with Crippen LogP contribution in [0.2, 0.25) is 0 Å². The van der Waals surface area contributed by atoms with Crippen LogP contribution in [-0.4, -0.2) is 35.1 Å². The number of anilines is 1. The van der Waals surface area contributed by atoms with Crippen LogP contribution in [0.15, 0.2) is 10.6 Å². The van der Waals surface area contributed by atoms with Gasteiger partial charge in [0.2, 0.25) is 5.91 Å². The highest BCUT2D eigenvalue weighted by Gasteiger charge is 2.30. The van der Waals surface area contributed by atoms with Gasteiger partial charge in [0.05, 0.1) is 6.54 Å². The molecule has 1 aliphatic rings. The van der Waals surface area contributed by atoms with E-state index >= 15 is 0 Å². The van der Waals surface area contributed by atoms with Crippen LogP contribution in [0.4, 0.5) is 5.82 Å². The Kier molecular flexibility index (Phi) is 4.58. The van der Waals surface area contributed by atoms with Crippen molar-refractivity contribution in [3.63, 3.8) is 0 Å². The normalized spacial score (nSPS) is 15.2. The summed E-state index contributed by atoms with van der Waals surface area (Å²) in [5, 5.41) is 6.55. The van der Waals surface area contributed by atoms with Gasteiger partial charge < -0.3 is 9.84 Å². The Morgan fingerprint density at radius 2 is 2.32 bits per heavy atom. The minimum atomic E-state index is -0.0102. The quantitative estimate of drug-likeness (QED) is 0.822. The summed E-state index contributed by atoms with van der Waals surface area (Å²) in [6, 6.07) is 2.33. The lowest BCUT2D eigenvalue weighted by Crippen LogP contribution is -2.36. The lowest BCUT2D eigenvalue weighted by Gasteiger charge is -2.21. The first-order valence-corrected chi connectivity index (χ1v) is 7.02. The van der Waals surface area contributed by atoms with E-state index in [1.807, 2.05) is 6.92 Å². The zero-order chi connectivity index (χ0) is 13.8. The number of hydrogen-bond acceptors (Lipinski definition) is 4. The second-order valence-corrected chi connectivity index (χ2v) is 5.76.